The van der Waals surface area contributed by atoms with Crippen LogP contribution in [0.1, 0.15) is 39.0 Å². The molecule has 2 bridgehead atoms. The molecule has 2 fully saturated rings. The molecular weight excluding hydrogens is 361 g/mol. The van der Waals surface area contributed by atoms with E-state index in [4.69, 9.17) is 23.2 Å². The predicted molar refractivity (Wildman–Crippen MR) is 100 cm³/mol. The molecule has 2 heterocycles. The average molecular weight is 384 g/mol. The minimum atomic E-state index is -0.0842. The number of amides is 2. The molecule has 0 saturated carbocycles. The van der Waals surface area contributed by atoms with Gasteiger partial charge in [-0.1, -0.05) is 35.7 Å². The Hall–Kier alpha value is -1.30. The molecule has 2 aliphatic heterocycles. The van der Waals surface area contributed by atoms with Gasteiger partial charge in [-0.05, 0) is 37.8 Å². The quantitative estimate of drug-likeness (QED) is 0.836. The highest BCUT2D eigenvalue weighted by Crippen LogP contribution is 2.34. The molecule has 2 saturated heterocycles. The minimum Gasteiger partial charge on any atom is -0.353 e. The number of carbonyl (C=O) groups is 2. The first-order chi connectivity index (χ1) is 11.9. The standard InChI is InChI=1S/C18H23Cl2N3O2/c1-11(24)21-12-8-13-4-2-5-14(9-12)23(13)10-17(25)22-16-7-3-6-15(19)18(16)20/h3,6-7,12-14H,2,4-5,8-10H2,1H3,(H,21,24)(H,22,25). The Bertz CT molecular complexity index is 654. The monoisotopic (exact) mass is 383 g/mol. The number of anilines is 1. The number of halogens is 2. The van der Waals surface area contributed by atoms with Gasteiger partial charge in [0.25, 0.3) is 0 Å². The van der Waals surface area contributed by atoms with Gasteiger partial charge in [0.15, 0.2) is 0 Å². The lowest BCUT2D eigenvalue weighted by atomic mass is 9.81. The summed E-state index contributed by atoms with van der Waals surface area (Å²) in [6.07, 6.45) is 5.12. The Morgan fingerprint density at radius 2 is 1.88 bits per heavy atom. The Kier molecular flexibility index (Phi) is 5.87. The van der Waals surface area contributed by atoms with Crippen molar-refractivity contribution in [3.8, 4) is 0 Å². The van der Waals surface area contributed by atoms with E-state index in [1.165, 1.54) is 6.42 Å². The molecule has 1 aromatic carbocycles. The van der Waals surface area contributed by atoms with Gasteiger partial charge in [0.1, 0.15) is 0 Å². The molecule has 3 rings (SSSR count). The van der Waals surface area contributed by atoms with Crippen molar-refractivity contribution >= 4 is 40.7 Å². The van der Waals surface area contributed by atoms with Crippen molar-refractivity contribution in [2.24, 2.45) is 0 Å². The van der Waals surface area contributed by atoms with Crippen molar-refractivity contribution in [3.63, 3.8) is 0 Å². The second-order valence-corrected chi connectivity index (χ2v) is 7.71. The van der Waals surface area contributed by atoms with Crippen LogP contribution < -0.4 is 10.6 Å². The van der Waals surface area contributed by atoms with E-state index in [-0.39, 0.29) is 17.9 Å². The number of rotatable bonds is 4. The van der Waals surface area contributed by atoms with Crippen LogP contribution in [0.15, 0.2) is 18.2 Å². The van der Waals surface area contributed by atoms with Crippen molar-refractivity contribution in [2.75, 3.05) is 11.9 Å². The summed E-state index contributed by atoms with van der Waals surface area (Å²) in [5.74, 6) is -0.0658. The summed E-state index contributed by atoms with van der Waals surface area (Å²) in [6.45, 7) is 1.90. The number of benzene rings is 1. The van der Waals surface area contributed by atoms with Crippen molar-refractivity contribution in [1.29, 1.82) is 0 Å². The molecule has 7 heteroatoms. The van der Waals surface area contributed by atoms with E-state index in [0.717, 1.165) is 25.7 Å². The van der Waals surface area contributed by atoms with Crippen LogP contribution in [0.25, 0.3) is 0 Å². The van der Waals surface area contributed by atoms with E-state index in [9.17, 15) is 9.59 Å². The summed E-state index contributed by atoms with van der Waals surface area (Å²) >= 11 is 12.1. The first-order valence-electron chi connectivity index (χ1n) is 8.70. The highest BCUT2D eigenvalue weighted by Gasteiger charge is 2.39. The fraction of sp³-hybridized carbons (Fsp3) is 0.556. The molecule has 25 heavy (non-hydrogen) atoms. The van der Waals surface area contributed by atoms with Crippen LogP contribution in [0.3, 0.4) is 0 Å². The van der Waals surface area contributed by atoms with E-state index in [2.05, 4.69) is 15.5 Å². The van der Waals surface area contributed by atoms with Gasteiger partial charge < -0.3 is 10.6 Å². The number of nitrogens with zero attached hydrogens (tertiary/aromatic N) is 1. The number of hydrogen-bond donors (Lipinski definition) is 2. The van der Waals surface area contributed by atoms with Gasteiger partial charge in [-0.2, -0.15) is 0 Å². The molecule has 2 unspecified atom stereocenters. The zero-order valence-corrected chi connectivity index (χ0v) is 15.7. The van der Waals surface area contributed by atoms with Gasteiger partial charge in [0.05, 0.1) is 22.3 Å². The maximum Gasteiger partial charge on any atom is 0.238 e. The van der Waals surface area contributed by atoms with Crippen LogP contribution in [-0.2, 0) is 9.59 Å². The average Bonchev–Trinajstić information content (AvgIpc) is 2.52. The van der Waals surface area contributed by atoms with Crippen LogP contribution in [0, 0.1) is 0 Å². The highest BCUT2D eigenvalue weighted by molar-refractivity contribution is 6.44. The second-order valence-electron chi connectivity index (χ2n) is 6.93. The maximum absolute atomic E-state index is 12.5. The Labute approximate surface area is 158 Å². The summed E-state index contributed by atoms with van der Waals surface area (Å²) in [5.41, 5.74) is 0.539. The molecule has 2 aliphatic rings. The lowest BCUT2D eigenvalue weighted by Gasteiger charge is -2.48. The Morgan fingerprint density at radius 3 is 2.52 bits per heavy atom. The summed E-state index contributed by atoms with van der Waals surface area (Å²) in [7, 11) is 0. The molecule has 0 aliphatic carbocycles. The Morgan fingerprint density at radius 1 is 1.20 bits per heavy atom. The molecule has 0 spiro atoms. The Balaban J connectivity index is 1.63. The van der Waals surface area contributed by atoms with E-state index in [1.807, 2.05) is 0 Å². The molecule has 1 aromatic rings. The molecule has 136 valence electrons. The molecule has 0 aromatic heterocycles. The third-order valence-electron chi connectivity index (χ3n) is 5.09. The van der Waals surface area contributed by atoms with Gasteiger partial charge >= 0.3 is 0 Å². The van der Waals surface area contributed by atoms with Gasteiger partial charge in [-0.3, -0.25) is 14.5 Å². The summed E-state index contributed by atoms with van der Waals surface area (Å²) in [4.78, 5) is 26.1. The summed E-state index contributed by atoms with van der Waals surface area (Å²) in [5, 5.41) is 6.69. The van der Waals surface area contributed by atoms with Crippen molar-refractivity contribution < 1.29 is 9.59 Å². The second kappa shape index (κ2) is 7.94. The lowest BCUT2D eigenvalue weighted by molar-refractivity contribution is -0.123. The fourth-order valence-corrected chi connectivity index (χ4v) is 4.45. The summed E-state index contributed by atoms with van der Waals surface area (Å²) < 4.78 is 0. The van der Waals surface area contributed by atoms with E-state index in [1.54, 1.807) is 25.1 Å². The number of carbonyl (C=O) groups excluding carboxylic acids is 2. The van der Waals surface area contributed by atoms with Gasteiger partial charge in [0, 0.05) is 25.0 Å². The zero-order chi connectivity index (χ0) is 18.0. The topological polar surface area (TPSA) is 61.4 Å². The van der Waals surface area contributed by atoms with E-state index < -0.39 is 0 Å². The SMILES string of the molecule is CC(=O)NC1CC2CCCC(C1)N2CC(=O)Nc1cccc(Cl)c1Cl. The lowest BCUT2D eigenvalue weighted by Crippen LogP contribution is -2.58. The predicted octanol–water partition coefficient (Wildman–Crippen LogP) is 3.45. The zero-order valence-electron chi connectivity index (χ0n) is 14.2. The van der Waals surface area contributed by atoms with Gasteiger partial charge in [0.2, 0.25) is 11.8 Å². The fourth-order valence-electron chi connectivity index (χ4n) is 4.10. The highest BCUT2D eigenvalue weighted by atomic mass is 35.5. The largest absolute Gasteiger partial charge is 0.353 e. The molecule has 2 amide bonds. The van der Waals surface area contributed by atoms with Crippen molar-refractivity contribution in [2.45, 2.75) is 57.2 Å². The van der Waals surface area contributed by atoms with Crippen molar-refractivity contribution in [3.05, 3.63) is 28.2 Å². The third-order valence-corrected chi connectivity index (χ3v) is 5.90. The van der Waals surface area contributed by atoms with E-state index >= 15 is 0 Å². The van der Waals surface area contributed by atoms with Gasteiger partial charge in [-0.25, -0.2) is 0 Å². The maximum atomic E-state index is 12.5. The van der Waals surface area contributed by atoms with Crippen LogP contribution in [0.2, 0.25) is 10.0 Å². The van der Waals surface area contributed by atoms with Crippen LogP contribution in [-0.4, -0.2) is 41.4 Å². The van der Waals surface area contributed by atoms with E-state index in [0.29, 0.717) is 34.4 Å². The number of nitrogens with one attached hydrogen (secondary N) is 2. The molecule has 2 N–H and O–H groups in total. The number of hydrogen-bond acceptors (Lipinski definition) is 3. The number of fused-ring (bicyclic) bond motifs is 2. The third kappa shape index (κ3) is 4.46. The normalized spacial score (nSPS) is 26.1. The first kappa shape index (κ1) is 18.5. The molecular formula is C18H23Cl2N3O2. The van der Waals surface area contributed by atoms with Crippen molar-refractivity contribution in [1.82, 2.24) is 10.2 Å². The van der Waals surface area contributed by atoms with Gasteiger partial charge in [-0.15, -0.1) is 0 Å². The molecule has 5 nitrogen and oxygen atoms in total. The summed E-state index contributed by atoms with van der Waals surface area (Å²) in [6, 6.07) is 6.09. The minimum absolute atomic E-state index is 0.0184. The number of piperidine rings is 2. The first-order valence-corrected chi connectivity index (χ1v) is 9.46. The van der Waals surface area contributed by atoms with Crippen LogP contribution in [0.4, 0.5) is 5.69 Å². The molecule has 0 radical (unpaired) electrons. The molecule has 2 atom stereocenters. The smallest absolute Gasteiger partial charge is 0.238 e. The van der Waals surface area contributed by atoms with Crippen LogP contribution >= 0.6 is 23.2 Å². The van der Waals surface area contributed by atoms with Crippen LogP contribution in [0.5, 0.6) is 0 Å².